The van der Waals surface area contributed by atoms with Gasteiger partial charge in [0.15, 0.2) is 0 Å². The van der Waals surface area contributed by atoms with Gasteiger partial charge in [0.1, 0.15) is 5.82 Å². The lowest BCUT2D eigenvalue weighted by Gasteiger charge is -2.17. The zero-order chi connectivity index (χ0) is 15.6. The summed E-state index contributed by atoms with van der Waals surface area (Å²) in [5, 5.41) is 8.34. The van der Waals surface area contributed by atoms with E-state index in [0.717, 1.165) is 23.4 Å². The summed E-state index contributed by atoms with van der Waals surface area (Å²) in [5.41, 5.74) is 4.28. The minimum Gasteiger partial charge on any atom is -0.316 e. The van der Waals surface area contributed by atoms with Crippen LogP contribution in [0.2, 0.25) is 5.02 Å². The molecule has 0 bridgehead atoms. The average Bonchev–Trinajstić information content (AvgIpc) is 2.68. The van der Waals surface area contributed by atoms with Gasteiger partial charge in [0.05, 0.1) is 5.69 Å². The second-order valence-electron chi connectivity index (χ2n) is 5.40. The van der Waals surface area contributed by atoms with Crippen molar-refractivity contribution < 1.29 is 4.39 Å². The number of nitrogens with zero attached hydrogens (tertiary/aromatic N) is 2. The van der Waals surface area contributed by atoms with Gasteiger partial charge < -0.3 is 5.32 Å². The highest BCUT2D eigenvalue weighted by Crippen LogP contribution is 2.21. The van der Waals surface area contributed by atoms with Crippen molar-refractivity contribution in [2.45, 2.75) is 32.7 Å². The van der Waals surface area contributed by atoms with Crippen LogP contribution in [0.3, 0.4) is 0 Å². The molecule has 0 saturated heterocycles. The fourth-order valence-corrected chi connectivity index (χ4v) is 2.80. The van der Waals surface area contributed by atoms with E-state index in [-0.39, 0.29) is 11.9 Å². The molecular formula is C16H21ClFN3. The number of nitrogens with one attached hydrogen (secondary N) is 1. The van der Waals surface area contributed by atoms with Gasteiger partial charge >= 0.3 is 0 Å². The average molecular weight is 310 g/mol. The number of rotatable bonds is 5. The largest absolute Gasteiger partial charge is 0.316 e. The first-order chi connectivity index (χ1) is 9.92. The van der Waals surface area contributed by atoms with Gasteiger partial charge in [-0.2, -0.15) is 5.10 Å². The number of halogens is 2. The Balaban J connectivity index is 2.19. The van der Waals surface area contributed by atoms with E-state index >= 15 is 0 Å². The highest BCUT2D eigenvalue weighted by molar-refractivity contribution is 6.31. The van der Waals surface area contributed by atoms with Crippen molar-refractivity contribution in [2.24, 2.45) is 7.05 Å². The highest BCUT2D eigenvalue weighted by Gasteiger charge is 2.16. The standard InChI is InChI=1S/C16H21ClFN3/c1-10-15(11(2)21(4)20-10)9-14(19-3)8-12-7-13(18)5-6-16(12)17/h5-7,14,19H,8-9H2,1-4H3. The molecule has 0 spiro atoms. The van der Waals surface area contributed by atoms with Crippen molar-refractivity contribution in [2.75, 3.05) is 7.05 Å². The molecule has 114 valence electrons. The van der Waals surface area contributed by atoms with E-state index in [0.29, 0.717) is 11.4 Å². The third-order valence-corrected chi connectivity index (χ3v) is 4.36. The monoisotopic (exact) mass is 309 g/mol. The fraction of sp³-hybridized carbons (Fsp3) is 0.438. The van der Waals surface area contributed by atoms with Gasteiger partial charge in [0, 0.05) is 23.8 Å². The Kier molecular flexibility index (Phi) is 5.01. The van der Waals surface area contributed by atoms with E-state index in [4.69, 9.17) is 11.6 Å². The number of benzene rings is 1. The molecule has 1 aromatic heterocycles. The maximum Gasteiger partial charge on any atom is 0.123 e. The Labute approximate surface area is 130 Å². The molecule has 21 heavy (non-hydrogen) atoms. The first-order valence-electron chi connectivity index (χ1n) is 7.02. The van der Waals surface area contributed by atoms with Crippen LogP contribution in [0, 0.1) is 19.7 Å². The maximum absolute atomic E-state index is 13.4. The molecule has 1 N–H and O–H groups in total. The normalized spacial score (nSPS) is 12.7. The lowest BCUT2D eigenvalue weighted by atomic mass is 9.98. The molecule has 5 heteroatoms. The number of likely N-dealkylation sites (N-methyl/N-ethyl adjacent to an activating group) is 1. The summed E-state index contributed by atoms with van der Waals surface area (Å²) in [6, 6.07) is 4.69. The molecule has 0 aliphatic rings. The molecule has 0 aliphatic carbocycles. The number of aromatic nitrogens is 2. The molecule has 0 amide bonds. The van der Waals surface area contributed by atoms with Crippen molar-refractivity contribution in [3.8, 4) is 0 Å². The van der Waals surface area contributed by atoms with Crippen LogP contribution < -0.4 is 5.32 Å². The number of hydrogen-bond acceptors (Lipinski definition) is 2. The minimum atomic E-state index is -0.252. The zero-order valence-electron chi connectivity index (χ0n) is 12.9. The van der Waals surface area contributed by atoms with Gasteiger partial charge in [-0.05, 0) is 63.1 Å². The Morgan fingerprint density at radius 2 is 2.05 bits per heavy atom. The molecule has 0 radical (unpaired) electrons. The van der Waals surface area contributed by atoms with E-state index in [1.54, 1.807) is 6.07 Å². The maximum atomic E-state index is 13.4. The molecule has 1 unspecified atom stereocenters. The number of aryl methyl sites for hydroxylation is 2. The third kappa shape index (κ3) is 3.63. The van der Waals surface area contributed by atoms with Crippen LogP contribution >= 0.6 is 11.6 Å². The Bertz CT molecular complexity index is 637. The summed E-state index contributed by atoms with van der Waals surface area (Å²) in [5.74, 6) is -0.252. The van der Waals surface area contributed by atoms with Crippen LogP contribution in [0.25, 0.3) is 0 Å². The van der Waals surface area contributed by atoms with Crippen molar-refractivity contribution >= 4 is 11.6 Å². The van der Waals surface area contributed by atoms with E-state index in [1.807, 2.05) is 25.7 Å². The quantitative estimate of drug-likeness (QED) is 0.919. The summed E-state index contributed by atoms with van der Waals surface area (Å²) >= 11 is 6.16. The van der Waals surface area contributed by atoms with Crippen LogP contribution in [0.1, 0.15) is 22.5 Å². The fourth-order valence-electron chi connectivity index (χ4n) is 2.60. The summed E-state index contributed by atoms with van der Waals surface area (Å²) in [6.45, 7) is 4.08. The third-order valence-electron chi connectivity index (χ3n) is 3.99. The minimum absolute atomic E-state index is 0.186. The highest BCUT2D eigenvalue weighted by atomic mass is 35.5. The van der Waals surface area contributed by atoms with Crippen LogP contribution in [0.5, 0.6) is 0 Å². The SMILES string of the molecule is CNC(Cc1cc(F)ccc1Cl)Cc1c(C)nn(C)c1C. The van der Waals surface area contributed by atoms with E-state index in [9.17, 15) is 4.39 Å². The predicted molar refractivity (Wildman–Crippen MR) is 84.3 cm³/mol. The van der Waals surface area contributed by atoms with Crippen LogP contribution in [0.4, 0.5) is 4.39 Å². The van der Waals surface area contributed by atoms with Gasteiger partial charge in [-0.15, -0.1) is 0 Å². The summed E-state index contributed by atoms with van der Waals surface area (Å²) in [7, 11) is 3.86. The molecular weight excluding hydrogens is 289 g/mol. The van der Waals surface area contributed by atoms with Gasteiger partial charge in [0.25, 0.3) is 0 Å². The molecule has 1 aromatic carbocycles. The number of hydrogen-bond donors (Lipinski definition) is 1. The summed E-state index contributed by atoms with van der Waals surface area (Å²) in [4.78, 5) is 0. The first-order valence-corrected chi connectivity index (χ1v) is 7.40. The van der Waals surface area contributed by atoms with Crippen LogP contribution in [0.15, 0.2) is 18.2 Å². The summed E-state index contributed by atoms with van der Waals surface area (Å²) < 4.78 is 15.3. The van der Waals surface area contributed by atoms with Gasteiger partial charge in [-0.25, -0.2) is 4.39 Å². The zero-order valence-corrected chi connectivity index (χ0v) is 13.6. The van der Waals surface area contributed by atoms with Crippen molar-refractivity contribution in [3.05, 3.63) is 51.6 Å². The Morgan fingerprint density at radius 1 is 1.33 bits per heavy atom. The second-order valence-corrected chi connectivity index (χ2v) is 5.81. The molecule has 0 aliphatic heterocycles. The lowest BCUT2D eigenvalue weighted by molar-refractivity contribution is 0.550. The molecule has 0 fully saturated rings. The molecule has 0 saturated carbocycles. The Morgan fingerprint density at radius 3 is 2.62 bits per heavy atom. The predicted octanol–water partition coefficient (Wildman–Crippen LogP) is 3.20. The van der Waals surface area contributed by atoms with E-state index in [2.05, 4.69) is 17.3 Å². The molecule has 1 atom stereocenters. The van der Waals surface area contributed by atoms with E-state index < -0.39 is 0 Å². The summed E-state index contributed by atoms with van der Waals surface area (Å²) in [6.07, 6.45) is 1.52. The van der Waals surface area contributed by atoms with Gasteiger partial charge in [-0.3, -0.25) is 4.68 Å². The van der Waals surface area contributed by atoms with Gasteiger partial charge in [0.2, 0.25) is 0 Å². The first kappa shape index (κ1) is 16.0. The van der Waals surface area contributed by atoms with Crippen molar-refractivity contribution in [3.63, 3.8) is 0 Å². The topological polar surface area (TPSA) is 29.9 Å². The van der Waals surface area contributed by atoms with Crippen LogP contribution in [-0.2, 0) is 19.9 Å². The lowest BCUT2D eigenvalue weighted by Crippen LogP contribution is -2.30. The second kappa shape index (κ2) is 6.58. The van der Waals surface area contributed by atoms with Crippen LogP contribution in [-0.4, -0.2) is 22.9 Å². The Hall–Kier alpha value is -1.39. The molecule has 2 rings (SSSR count). The van der Waals surface area contributed by atoms with Crippen molar-refractivity contribution in [1.82, 2.24) is 15.1 Å². The molecule has 3 nitrogen and oxygen atoms in total. The smallest absolute Gasteiger partial charge is 0.123 e. The molecule has 2 aromatic rings. The molecule has 1 heterocycles. The van der Waals surface area contributed by atoms with Gasteiger partial charge in [-0.1, -0.05) is 11.6 Å². The van der Waals surface area contributed by atoms with Crippen molar-refractivity contribution in [1.29, 1.82) is 0 Å². The van der Waals surface area contributed by atoms with E-state index in [1.165, 1.54) is 17.7 Å².